The number of unbranched alkanes of at least 4 members (excludes halogenated alkanes) is 1. The molecule has 0 aliphatic rings. The van der Waals surface area contributed by atoms with Crippen molar-refractivity contribution in [1.82, 2.24) is 14.5 Å². The fourth-order valence-corrected chi connectivity index (χ4v) is 2.12. The summed E-state index contributed by atoms with van der Waals surface area (Å²) in [7, 11) is -1.78. The van der Waals surface area contributed by atoms with Gasteiger partial charge in [-0.1, -0.05) is 0 Å². The van der Waals surface area contributed by atoms with E-state index in [1.54, 1.807) is 7.05 Å². The van der Waals surface area contributed by atoms with E-state index in [-0.39, 0.29) is 11.5 Å². The topological polar surface area (TPSA) is 84.2 Å². The Morgan fingerprint density at radius 2 is 2.27 bits per heavy atom. The van der Waals surface area contributed by atoms with Crippen LogP contribution in [-0.2, 0) is 17.1 Å². The van der Waals surface area contributed by atoms with Crippen LogP contribution in [0.5, 0.6) is 0 Å². The van der Waals surface area contributed by atoms with Crippen molar-refractivity contribution in [2.24, 2.45) is 7.05 Å². The Morgan fingerprint density at radius 3 is 2.80 bits per heavy atom. The maximum absolute atomic E-state index is 11.6. The minimum Gasteiger partial charge on any atom is -0.396 e. The van der Waals surface area contributed by atoms with Crippen LogP contribution < -0.4 is 4.72 Å². The molecule has 1 rings (SSSR count). The fraction of sp³-hybridized carbons (Fsp3) is 0.625. The summed E-state index contributed by atoms with van der Waals surface area (Å²) in [5, 5.41) is 12.3. The zero-order chi connectivity index (χ0) is 11.3. The Labute approximate surface area is 89.0 Å². The van der Waals surface area contributed by atoms with Crippen LogP contribution in [0.3, 0.4) is 0 Å². The van der Waals surface area contributed by atoms with E-state index in [0.29, 0.717) is 19.4 Å². The molecule has 15 heavy (non-hydrogen) atoms. The molecule has 1 aromatic rings. The third-order valence-electron chi connectivity index (χ3n) is 1.87. The molecule has 0 aromatic carbocycles. The number of sulfonamides is 1. The molecule has 0 spiro atoms. The van der Waals surface area contributed by atoms with E-state index in [1.165, 1.54) is 17.1 Å². The summed E-state index contributed by atoms with van der Waals surface area (Å²) in [5.41, 5.74) is 0. The van der Waals surface area contributed by atoms with Gasteiger partial charge < -0.3 is 5.11 Å². The summed E-state index contributed by atoms with van der Waals surface area (Å²) in [6.07, 6.45) is 3.95. The van der Waals surface area contributed by atoms with Crippen molar-refractivity contribution in [1.29, 1.82) is 0 Å². The Bertz CT molecular complexity index is 399. The molecule has 6 nitrogen and oxygen atoms in total. The fourth-order valence-electron chi connectivity index (χ4n) is 1.06. The van der Waals surface area contributed by atoms with E-state index in [0.717, 1.165) is 0 Å². The van der Waals surface area contributed by atoms with E-state index in [9.17, 15) is 8.42 Å². The summed E-state index contributed by atoms with van der Waals surface area (Å²) >= 11 is 0. The van der Waals surface area contributed by atoms with E-state index in [4.69, 9.17) is 5.11 Å². The molecule has 0 aliphatic carbocycles. The van der Waals surface area contributed by atoms with Gasteiger partial charge in [0.1, 0.15) is 4.90 Å². The van der Waals surface area contributed by atoms with Gasteiger partial charge in [-0.2, -0.15) is 5.10 Å². The highest BCUT2D eigenvalue weighted by molar-refractivity contribution is 7.89. The zero-order valence-corrected chi connectivity index (χ0v) is 9.37. The Balaban J connectivity index is 2.53. The number of nitrogens with zero attached hydrogens (tertiary/aromatic N) is 2. The Hall–Kier alpha value is -0.920. The number of hydrogen-bond acceptors (Lipinski definition) is 4. The number of aromatic nitrogens is 2. The lowest BCUT2D eigenvalue weighted by Crippen LogP contribution is -2.24. The van der Waals surface area contributed by atoms with Crippen LogP contribution in [0.25, 0.3) is 0 Å². The first-order valence-electron chi connectivity index (χ1n) is 4.65. The predicted molar refractivity (Wildman–Crippen MR) is 54.7 cm³/mol. The van der Waals surface area contributed by atoms with Gasteiger partial charge in [-0.05, 0) is 12.8 Å². The molecule has 0 aliphatic heterocycles. The van der Waals surface area contributed by atoms with Crippen molar-refractivity contribution in [3.63, 3.8) is 0 Å². The van der Waals surface area contributed by atoms with Crippen LogP contribution in [-0.4, -0.2) is 36.5 Å². The minimum atomic E-state index is -3.43. The van der Waals surface area contributed by atoms with Gasteiger partial charge in [-0.25, -0.2) is 13.1 Å². The number of aliphatic hydroxyl groups excluding tert-OH is 1. The van der Waals surface area contributed by atoms with Crippen LogP contribution in [0.2, 0.25) is 0 Å². The highest BCUT2D eigenvalue weighted by Gasteiger charge is 2.14. The molecule has 0 radical (unpaired) electrons. The quantitative estimate of drug-likeness (QED) is 0.647. The van der Waals surface area contributed by atoms with Gasteiger partial charge in [0.15, 0.2) is 0 Å². The summed E-state index contributed by atoms with van der Waals surface area (Å²) < 4.78 is 27.0. The second kappa shape index (κ2) is 5.24. The summed E-state index contributed by atoms with van der Waals surface area (Å²) in [6, 6.07) is 0. The molecule has 0 bridgehead atoms. The predicted octanol–water partition coefficient (Wildman–Crippen LogP) is -0.529. The third-order valence-corrected chi connectivity index (χ3v) is 3.28. The van der Waals surface area contributed by atoms with Crippen LogP contribution in [0.4, 0.5) is 0 Å². The monoisotopic (exact) mass is 233 g/mol. The highest BCUT2D eigenvalue weighted by atomic mass is 32.2. The number of hydrogen-bond donors (Lipinski definition) is 2. The molecule has 0 saturated carbocycles. The van der Waals surface area contributed by atoms with Crippen molar-refractivity contribution in [3.8, 4) is 0 Å². The van der Waals surface area contributed by atoms with Gasteiger partial charge >= 0.3 is 0 Å². The van der Waals surface area contributed by atoms with Crippen LogP contribution in [0.15, 0.2) is 17.3 Å². The first-order valence-corrected chi connectivity index (χ1v) is 6.14. The van der Waals surface area contributed by atoms with Crippen molar-refractivity contribution in [2.75, 3.05) is 13.2 Å². The zero-order valence-electron chi connectivity index (χ0n) is 8.55. The number of aryl methyl sites for hydroxylation is 1. The van der Waals surface area contributed by atoms with Crippen LogP contribution >= 0.6 is 0 Å². The summed E-state index contributed by atoms with van der Waals surface area (Å²) in [4.78, 5) is 0.161. The minimum absolute atomic E-state index is 0.0780. The first kappa shape index (κ1) is 12.2. The van der Waals surface area contributed by atoms with E-state index in [1.807, 2.05) is 0 Å². The van der Waals surface area contributed by atoms with Gasteiger partial charge in [0.05, 0.1) is 6.20 Å². The largest absolute Gasteiger partial charge is 0.396 e. The number of nitrogens with one attached hydrogen (secondary N) is 1. The lowest BCUT2D eigenvalue weighted by Gasteiger charge is -2.03. The van der Waals surface area contributed by atoms with Gasteiger partial charge in [0, 0.05) is 26.4 Å². The summed E-state index contributed by atoms with van der Waals surface area (Å²) in [6.45, 7) is 0.409. The Morgan fingerprint density at radius 1 is 1.53 bits per heavy atom. The van der Waals surface area contributed by atoms with Gasteiger partial charge in [-0.3, -0.25) is 4.68 Å². The summed E-state index contributed by atoms with van der Waals surface area (Å²) in [5.74, 6) is 0. The van der Waals surface area contributed by atoms with E-state index in [2.05, 4.69) is 9.82 Å². The third kappa shape index (κ3) is 3.61. The van der Waals surface area contributed by atoms with Crippen LogP contribution in [0, 0.1) is 0 Å². The van der Waals surface area contributed by atoms with E-state index < -0.39 is 10.0 Å². The molecule has 1 heterocycles. The molecule has 0 amide bonds. The second-order valence-electron chi connectivity index (χ2n) is 3.18. The first-order chi connectivity index (χ1) is 7.06. The maximum Gasteiger partial charge on any atom is 0.243 e. The number of rotatable bonds is 6. The Kier molecular flexibility index (Phi) is 4.25. The molecule has 86 valence electrons. The van der Waals surface area contributed by atoms with Gasteiger partial charge in [0.2, 0.25) is 10.0 Å². The average Bonchev–Trinajstić information content (AvgIpc) is 2.60. The second-order valence-corrected chi connectivity index (χ2v) is 4.95. The van der Waals surface area contributed by atoms with Gasteiger partial charge in [-0.15, -0.1) is 0 Å². The van der Waals surface area contributed by atoms with Crippen LogP contribution in [0.1, 0.15) is 12.8 Å². The molecule has 0 fully saturated rings. The highest BCUT2D eigenvalue weighted by Crippen LogP contribution is 2.05. The lowest BCUT2D eigenvalue weighted by atomic mass is 10.3. The van der Waals surface area contributed by atoms with E-state index >= 15 is 0 Å². The molecule has 0 saturated heterocycles. The van der Waals surface area contributed by atoms with Crippen molar-refractivity contribution in [2.45, 2.75) is 17.7 Å². The smallest absolute Gasteiger partial charge is 0.243 e. The molecular formula is C8H15N3O3S. The van der Waals surface area contributed by atoms with Crippen molar-refractivity contribution >= 4 is 10.0 Å². The molecule has 1 aromatic heterocycles. The SMILES string of the molecule is Cn1cc(S(=O)(=O)NCCCCO)cn1. The molecule has 7 heteroatoms. The lowest BCUT2D eigenvalue weighted by molar-refractivity contribution is 0.285. The van der Waals surface area contributed by atoms with Crippen molar-refractivity contribution in [3.05, 3.63) is 12.4 Å². The molecule has 0 atom stereocenters. The average molecular weight is 233 g/mol. The normalized spacial score (nSPS) is 11.9. The molecule has 2 N–H and O–H groups in total. The van der Waals surface area contributed by atoms with Gasteiger partial charge in [0.25, 0.3) is 0 Å². The molecule has 0 unspecified atom stereocenters. The molecular weight excluding hydrogens is 218 g/mol. The maximum atomic E-state index is 11.6. The standard InChI is InChI=1S/C8H15N3O3S/c1-11-7-8(6-9-11)15(13,14)10-4-2-3-5-12/h6-7,10,12H,2-5H2,1H3. The van der Waals surface area contributed by atoms with Crippen molar-refractivity contribution < 1.29 is 13.5 Å². The number of aliphatic hydroxyl groups is 1.